The molecule has 2 aromatic carbocycles. The van der Waals surface area contributed by atoms with Crippen molar-refractivity contribution in [2.45, 2.75) is 19.5 Å². The summed E-state index contributed by atoms with van der Waals surface area (Å²) in [5, 5.41) is 0.493. The molecule has 28 heavy (non-hydrogen) atoms. The van der Waals surface area contributed by atoms with E-state index >= 15 is 0 Å². The lowest BCUT2D eigenvalue weighted by atomic mass is 9.98. The number of furan rings is 1. The maximum absolute atomic E-state index is 13.4. The van der Waals surface area contributed by atoms with Crippen LogP contribution in [0.15, 0.2) is 80.6 Å². The van der Waals surface area contributed by atoms with Crippen LogP contribution in [0, 0.1) is 6.92 Å². The number of carbonyl (C=O) groups excluding carboxylic acids is 1. The van der Waals surface area contributed by atoms with Crippen molar-refractivity contribution in [2.75, 3.05) is 0 Å². The molecule has 2 aromatic heterocycles. The Morgan fingerprint density at radius 1 is 1.00 bits per heavy atom. The summed E-state index contributed by atoms with van der Waals surface area (Å²) >= 11 is 0. The highest BCUT2D eigenvalue weighted by Crippen LogP contribution is 2.39. The first-order valence-corrected chi connectivity index (χ1v) is 9.09. The van der Waals surface area contributed by atoms with Gasteiger partial charge in [-0.3, -0.25) is 9.59 Å². The smallest absolute Gasteiger partial charge is 0.291 e. The van der Waals surface area contributed by atoms with E-state index in [1.165, 1.54) is 0 Å². The second kappa shape index (κ2) is 6.23. The number of carbonyl (C=O) groups is 1. The molecule has 1 aliphatic rings. The van der Waals surface area contributed by atoms with Crippen LogP contribution in [0.3, 0.4) is 0 Å². The molecule has 0 radical (unpaired) electrons. The van der Waals surface area contributed by atoms with Crippen LogP contribution in [0.4, 0.5) is 0 Å². The quantitative estimate of drug-likeness (QED) is 0.534. The first-order chi connectivity index (χ1) is 13.6. The molecule has 5 rings (SSSR count). The van der Waals surface area contributed by atoms with Gasteiger partial charge in [0.25, 0.3) is 5.91 Å². The maximum Gasteiger partial charge on any atom is 0.291 e. The maximum atomic E-state index is 13.4. The highest BCUT2D eigenvalue weighted by atomic mass is 16.3. The summed E-state index contributed by atoms with van der Waals surface area (Å²) in [5.41, 5.74) is 2.48. The molecule has 0 aliphatic carbocycles. The van der Waals surface area contributed by atoms with Gasteiger partial charge in [0, 0.05) is 0 Å². The molecule has 138 valence electrons. The number of rotatable bonds is 3. The number of hydrogen-bond donors (Lipinski definition) is 0. The van der Waals surface area contributed by atoms with Crippen molar-refractivity contribution in [3.63, 3.8) is 0 Å². The van der Waals surface area contributed by atoms with E-state index in [4.69, 9.17) is 8.83 Å². The summed E-state index contributed by atoms with van der Waals surface area (Å²) in [4.78, 5) is 28.2. The Labute approximate surface area is 160 Å². The molecule has 5 nitrogen and oxygen atoms in total. The molecule has 4 aromatic rings. The van der Waals surface area contributed by atoms with Crippen LogP contribution < -0.4 is 5.43 Å². The Morgan fingerprint density at radius 3 is 2.57 bits per heavy atom. The summed E-state index contributed by atoms with van der Waals surface area (Å²) < 4.78 is 11.4. The minimum Gasteiger partial charge on any atom is -0.467 e. The van der Waals surface area contributed by atoms with E-state index in [2.05, 4.69) is 0 Å². The Kier molecular flexibility index (Phi) is 3.69. The fourth-order valence-electron chi connectivity index (χ4n) is 3.85. The molecule has 0 saturated heterocycles. The summed E-state index contributed by atoms with van der Waals surface area (Å²) in [5.74, 6) is 0.455. The molecule has 0 spiro atoms. The first kappa shape index (κ1) is 16.6. The standard InChI is InChI=1S/C23H17NO4/c1-14-9-10-18-17(12-14)21(25)19-20(15-6-3-2-4-7-15)24(23(26)22(19)28-18)13-16-8-5-11-27-16/h2-12,20H,13H2,1H3/t20-/m0/s1. The van der Waals surface area contributed by atoms with E-state index in [1.807, 2.05) is 55.5 Å². The zero-order valence-electron chi connectivity index (χ0n) is 15.2. The second-order valence-electron chi connectivity index (χ2n) is 7.00. The zero-order chi connectivity index (χ0) is 19.3. The molecule has 1 atom stereocenters. The van der Waals surface area contributed by atoms with Gasteiger partial charge in [0.15, 0.2) is 5.43 Å². The molecule has 0 unspecified atom stereocenters. The van der Waals surface area contributed by atoms with Gasteiger partial charge >= 0.3 is 0 Å². The molecule has 0 N–H and O–H groups in total. The Bertz CT molecular complexity index is 1240. The van der Waals surface area contributed by atoms with Crippen LogP contribution in [0.5, 0.6) is 0 Å². The van der Waals surface area contributed by atoms with Crippen LogP contribution in [0.1, 0.15) is 39.0 Å². The normalized spacial score (nSPS) is 16.0. The average Bonchev–Trinajstić information content (AvgIpc) is 3.31. The number of amides is 1. The first-order valence-electron chi connectivity index (χ1n) is 9.09. The number of nitrogens with zero attached hydrogens (tertiary/aromatic N) is 1. The lowest BCUT2D eigenvalue weighted by Gasteiger charge is -2.24. The van der Waals surface area contributed by atoms with E-state index in [1.54, 1.807) is 23.3 Å². The fraction of sp³-hybridized carbons (Fsp3) is 0.130. The third kappa shape index (κ3) is 2.47. The van der Waals surface area contributed by atoms with Crippen molar-refractivity contribution >= 4 is 16.9 Å². The van der Waals surface area contributed by atoms with Gasteiger partial charge in [-0.25, -0.2) is 0 Å². The van der Waals surface area contributed by atoms with E-state index in [0.29, 0.717) is 22.3 Å². The van der Waals surface area contributed by atoms with Crippen molar-refractivity contribution in [3.8, 4) is 0 Å². The minimum atomic E-state index is -0.519. The number of aryl methyl sites for hydroxylation is 1. The topological polar surface area (TPSA) is 63.7 Å². The van der Waals surface area contributed by atoms with Gasteiger partial charge in [0.1, 0.15) is 11.3 Å². The van der Waals surface area contributed by atoms with Gasteiger partial charge in [-0.2, -0.15) is 0 Å². The van der Waals surface area contributed by atoms with Crippen molar-refractivity contribution in [3.05, 3.63) is 105 Å². The summed E-state index contributed by atoms with van der Waals surface area (Å²) in [6.07, 6.45) is 1.57. The molecule has 5 heteroatoms. The third-order valence-electron chi connectivity index (χ3n) is 5.14. The van der Waals surface area contributed by atoms with Crippen LogP contribution in [-0.4, -0.2) is 10.8 Å². The molecule has 0 bridgehead atoms. The monoisotopic (exact) mass is 371 g/mol. The van der Waals surface area contributed by atoms with E-state index in [-0.39, 0.29) is 23.6 Å². The summed E-state index contributed by atoms with van der Waals surface area (Å²) in [7, 11) is 0. The van der Waals surface area contributed by atoms with Crippen LogP contribution in [0.25, 0.3) is 11.0 Å². The minimum absolute atomic E-state index is 0.113. The molecule has 1 amide bonds. The molecule has 0 fully saturated rings. The van der Waals surface area contributed by atoms with Gasteiger partial charge in [-0.05, 0) is 36.8 Å². The van der Waals surface area contributed by atoms with Crippen molar-refractivity contribution < 1.29 is 13.6 Å². The molecule has 3 heterocycles. The number of fused-ring (bicyclic) bond motifs is 2. The highest BCUT2D eigenvalue weighted by molar-refractivity contribution is 5.99. The van der Waals surface area contributed by atoms with Crippen LogP contribution >= 0.6 is 0 Å². The second-order valence-corrected chi connectivity index (χ2v) is 7.00. The molecular formula is C23H17NO4. The van der Waals surface area contributed by atoms with E-state index in [9.17, 15) is 9.59 Å². The predicted octanol–water partition coefficient (Wildman–Crippen LogP) is 4.44. The molecular weight excluding hydrogens is 354 g/mol. The number of hydrogen-bond acceptors (Lipinski definition) is 4. The van der Waals surface area contributed by atoms with Crippen molar-refractivity contribution in [1.29, 1.82) is 0 Å². The van der Waals surface area contributed by atoms with Gasteiger partial charge in [-0.1, -0.05) is 42.0 Å². The SMILES string of the molecule is Cc1ccc2oc3c(c(=O)c2c1)[C@H](c1ccccc1)N(Cc1ccco1)C3=O. The summed E-state index contributed by atoms with van der Waals surface area (Å²) in [6.45, 7) is 2.18. The molecule has 1 aliphatic heterocycles. The predicted molar refractivity (Wildman–Crippen MR) is 104 cm³/mol. The van der Waals surface area contributed by atoms with Gasteiger partial charge < -0.3 is 13.7 Å². The lowest BCUT2D eigenvalue weighted by molar-refractivity contribution is 0.0701. The Balaban J connectivity index is 1.76. The Morgan fingerprint density at radius 2 is 1.82 bits per heavy atom. The van der Waals surface area contributed by atoms with Crippen molar-refractivity contribution in [2.24, 2.45) is 0 Å². The van der Waals surface area contributed by atoms with Gasteiger partial charge in [0.05, 0.1) is 29.8 Å². The Hall–Kier alpha value is -3.60. The largest absolute Gasteiger partial charge is 0.467 e. The summed E-state index contributed by atoms with van der Waals surface area (Å²) in [6, 6.07) is 18.0. The van der Waals surface area contributed by atoms with Crippen LogP contribution in [0.2, 0.25) is 0 Å². The van der Waals surface area contributed by atoms with E-state index < -0.39 is 6.04 Å². The van der Waals surface area contributed by atoms with E-state index in [0.717, 1.165) is 11.1 Å². The van der Waals surface area contributed by atoms with Gasteiger partial charge in [0.2, 0.25) is 5.76 Å². The fourth-order valence-corrected chi connectivity index (χ4v) is 3.85. The third-order valence-corrected chi connectivity index (χ3v) is 5.14. The van der Waals surface area contributed by atoms with Gasteiger partial charge in [-0.15, -0.1) is 0 Å². The van der Waals surface area contributed by atoms with Crippen molar-refractivity contribution in [1.82, 2.24) is 4.90 Å². The van der Waals surface area contributed by atoms with Crippen LogP contribution in [-0.2, 0) is 6.54 Å². The lowest BCUT2D eigenvalue weighted by Crippen LogP contribution is -2.29. The average molecular weight is 371 g/mol. The number of benzene rings is 2. The zero-order valence-corrected chi connectivity index (χ0v) is 15.2. The highest BCUT2D eigenvalue weighted by Gasteiger charge is 2.42. The molecule has 0 saturated carbocycles.